The van der Waals surface area contributed by atoms with E-state index in [1.165, 1.54) is 5.56 Å². The first-order valence-corrected chi connectivity index (χ1v) is 6.24. The molecule has 0 aromatic heterocycles. The molecule has 1 aromatic rings. The number of hydrogen-bond donors (Lipinski definition) is 0. The number of ether oxygens (including phenoxy) is 1. The van der Waals surface area contributed by atoms with Crippen molar-refractivity contribution in [2.24, 2.45) is 11.8 Å². The number of rotatable bonds is 1. The molecular weight excluding hydrogens is 264 g/mol. The molecule has 2 atom stereocenters. The van der Waals surface area contributed by atoms with Crippen molar-refractivity contribution in [2.45, 2.75) is 55.9 Å². The van der Waals surface area contributed by atoms with E-state index in [4.69, 9.17) is 0 Å². The minimum atomic E-state index is -0.396. The molecule has 2 unspecified atom stereocenters. The Morgan fingerprint density at radius 3 is 1.43 bits per heavy atom. The van der Waals surface area contributed by atoms with Crippen LogP contribution in [0.25, 0.3) is 0 Å². The second-order valence-electron chi connectivity index (χ2n) is 4.88. The summed E-state index contributed by atoms with van der Waals surface area (Å²) >= 11 is 0. The van der Waals surface area contributed by atoms with Crippen LogP contribution in [-0.4, -0.2) is 11.9 Å². The number of hydrogen-bond acceptors (Lipinski definition) is 3. The van der Waals surface area contributed by atoms with Gasteiger partial charge in [-0.2, -0.15) is 0 Å². The number of esters is 2. The highest BCUT2D eigenvalue weighted by Crippen LogP contribution is 2.21. The van der Waals surface area contributed by atoms with Crippen LogP contribution in [0.4, 0.5) is 0 Å². The van der Waals surface area contributed by atoms with Crippen molar-refractivity contribution >= 4 is 11.9 Å². The van der Waals surface area contributed by atoms with Gasteiger partial charge < -0.3 is 4.74 Å². The van der Waals surface area contributed by atoms with E-state index in [2.05, 4.69) is 42.8 Å². The highest BCUT2D eigenvalue weighted by molar-refractivity contribution is 5.95. The van der Waals surface area contributed by atoms with E-state index in [-0.39, 0.29) is 34.1 Å². The Labute approximate surface area is 130 Å². The third-order valence-corrected chi connectivity index (χ3v) is 3.16. The van der Waals surface area contributed by atoms with Crippen molar-refractivity contribution < 1.29 is 14.3 Å². The zero-order valence-electron chi connectivity index (χ0n) is 11.3. The van der Waals surface area contributed by atoms with Crippen molar-refractivity contribution in [1.82, 2.24) is 0 Å². The summed E-state index contributed by atoms with van der Waals surface area (Å²) in [6.07, 6.45) is 0. The van der Waals surface area contributed by atoms with Crippen LogP contribution in [-0.2, 0) is 14.3 Å². The van der Waals surface area contributed by atoms with E-state index < -0.39 is 11.9 Å². The molecule has 0 bridgehead atoms. The Morgan fingerprint density at radius 1 is 0.857 bits per heavy atom. The van der Waals surface area contributed by atoms with Gasteiger partial charge in [-0.05, 0) is 11.5 Å². The fourth-order valence-electron chi connectivity index (χ4n) is 1.53. The van der Waals surface area contributed by atoms with Crippen molar-refractivity contribution in [2.75, 3.05) is 0 Å². The third kappa shape index (κ3) is 7.07. The summed E-state index contributed by atoms with van der Waals surface area (Å²) < 4.78 is 4.31. The highest BCUT2D eigenvalue weighted by atomic mass is 16.6. The van der Waals surface area contributed by atoms with E-state index in [1.54, 1.807) is 13.8 Å². The van der Waals surface area contributed by atoms with Gasteiger partial charge in [-0.1, -0.05) is 80.3 Å². The van der Waals surface area contributed by atoms with Crippen LogP contribution in [0.3, 0.4) is 0 Å². The van der Waals surface area contributed by atoms with Crippen molar-refractivity contribution in [3.8, 4) is 0 Å². The van der Waals surface area contributed by atoms with Gasteiger partial charge in [-0.15, -0.1) is 0 Å². The summed E-state index contributed by atoms with van der Waals surface area (Å²) in [4.78, 5) is 21.1. The lowest BCUT2D eigenvalue weighted by molar-refractivity contribution is -0.153. The zero-order valence-corrected chi connectivity index (χ0v) is 11.3. The highest BCUT2D eigenvalue weighted by Gasteiger charge is 2.37. The molecule has 0 saturated carbocycles. The molecule has 0 spiro atoms. The Hall–Kier alpha value is -1.64. The molecule has 0 amide bonds. The second kappa shape index (κ2) is 11.1. The molecule has 0 N–H and O–H groups in total. The van der Waals surface area contributed by atoms with Crippen molar-refractivity contribution in [3.63, 3.8) is 0 Å². The molecule has 122 valence electrons. The number of benzene rings is 1. The average molecular weight is 296 g/mol. The van der Waals surface area contributed by atoms with Crippen LogP contribution in [0.2, 0.25) is 0 Å². The van der Waals surface area contributed by atoms with Gasteiger partial charge in [0.15, 0.2) is 0 Å². The van der Waals surface area contributed by atoms with E-state index in [0.717, 1.165) is 0 Å². The molecule has 2 rings (SSSR count). The maximum atomic E-state index is 10.6. The predicted molar refractivity (Wildman–Crippen MR) is 90.2 cm³/mol. The molecule has 0 radical (unpaired) electrons. The molecule has 3 heteroatoms. The van der Waals surface area contributed by atoms with Gasteiger partial charge in [0.2, 0.25) is 0 Å². The molecule has 1 aliphatic rings. The molecule has 0 aliphatic carbocycles. The maximum Gasteiger partial charge on any atom is 0.317 e. The van der Waals surface area contributed by atoms with Crippen molar-refractivity contribution in [3.05, 3.63) is 35.9 Å². The monoisotopic (exact) mass is 296 g/mol. The van der Waals surface area contributed by atoms with Crippen LogP contribution in [0, 0.1) is 11.8 Å². The zero-order chi connectivity index (χ0) is 13.7. The maximum absolute atomic E-state index is 10.6. The van der Waals surface area contributed by atoms with Gasteiger partial charge in [0, 0.05) is 0 Å². The van der Waals surface area contributed by atoms with Gasteiger partial charge in [0.25, 0.3) is 0 Å². The average Bonchev–Trinajstić information content (AvgIpc) is 2.58. The quantitative estimate of drug-likeness (QED) is 0.537. The summed E-state index contributed by atoms with van der Waals surface area (Å²) in [6.45, 7) is 7.79. The predicted octanol–water partition coefficient (Wildman–Crippen LogP) is 5.06. The lowest BCUT2D eigenvalue weighted by Crippen LogP contribution is -2.09. The number of carbonyl (C=O) groups excluding carboxylic acids is 2. The SMILES string of the molecule is C.C.C.CC(C)c1ccccc1.CC1C(=O)OC(=O)C1C. The van der Waals surface area contributed by atoms with Gasteiger partial charge in [0.05, 0.1) is 11.8 Å². The lowest BCUT2D eigenvalue weighted by atomic mass is 10.00. The van der Waals surface area contributed by atoms with Gasteiger partial charge in [-0.3, -0.25) is 9.59 Å². The fourth-order valence-corrected chi connectivity index (χ4v) is 1.53. The van der Waals surface area contributed by atoms with E-state index >= 15 is 0 Å². The van der Waals surface area contributed by atoms with Crippen LogP contribution < -0.4 is 0 Å². The first-order valence-electron chi connectivity index (χ1n) is 6.24. The van der Waals surface area contributed by atoms with Crippen LogP contribution in [0.15, 0.2) is 30.3 Å². The largest absolute Gasteiger partial charge is 0.393 e. The number of carbonyl (C=O) groups is 2. The van der Waals surface area contributed by atoms with Crippen LogP contribution in [0.5, 0.6) is 0 Å². The Kier molecular flexibility index (Phi) is 12.8. The first kappa shape index (κ1) is 24.4. The molecule has 21 heavy (non-hydrogen) atoms. The molecule has 1 saturated heterocycles. The summed E-state index contributed by atoms with van der Waals surface area (Å²) in [6, 6.07) is 10.5. The normalized spacial score (nSPS) is 19.3. The van der Waals surface area contributed by atoms with Gasteiger partial charge in [-0.25, -0.2) is 0 Å². The standard InChI is InChI=1S/C9H12.C6H8O3.3CH4/c1-8(2)9-6-4-3-5-7-9;1-3-4(2)6(8)9-5(3)7;;;/h3-8H,1-2H3;3-4H,1-2H3;3*1H4. The van der Waals surface area contributed by atoms with E-state index in [9.17, 15) is 9.59 Å². The molecule has 1 heterocycles. The summed E-state index contributed by atoms with van der Waals surface area (Å²) in [5.74, 6) is -0.638. The fraction of sp³-hybridized carbons (Fsp3) is 0.556. The molecule has 1 fully saturated rings. The minimum absolute atomic E-state index is 0. The van der Waals surface area contributed by atoms with Crippen LogP contribution in [0.1, 0.15) is 61.5 Å². The van der Waals surface area contributed by atoms with Gasteiger partial charge >= 0.3 is 11.9 Å². The molecule has 3 nitrogen and oxygen atoms in total. The minimum Gasteiger partial charge on any atom is -0.393 e. The van der Waals surface area contributed by atoms with Crippen molar-refractivity contribution in [1.29, 1.82) is 0 Å². The Bertz CT molecular complexity index is 392. The molecule has 1 aromatic carbocycles. The Morgan fingerprint density at radius 2 is 1.24 bits per heavy atom. The smallest absolute Gasteiger partial charge is 0.317 e. The van der Waals surface area contributed by atoms with Gasteiger partial charge in [0.1, 0.15) is 0 Å². The Balaban J connectivity index is -0.000000270. The van der Waals surface area contributed by atoms with Crippen LogP contribution >= 0.6 is 0 Å². The summed E-state index contributed by atoms with van der Waals surface area (Å²) in [5.41, 5.74) is 1.41. The molecule has 1 aliphatic heterocycles. The first-order chi connectivity index (χ1) is 8.43. The summed E-state index contributed by atoms with van der Waals surface area (Å²) in [5, 5.41) is 0. The molecular formula is C18H32O3. The second-order valence-corrected chi connectivity index (χ2v) is 4.88. The topological polar surface area (TPSA) is 43.4 Å². The summed E-state index contributed by atoms with van der Waals surface area (Å²) in [7, 11) is 0. The third-order valence-electron chi connectivity index (χ3n) is 3.16. The van der Waals surface area contributed by atoms with E-state index in [1.807, 2.05) is 6.07 Å². The lowest BCUT2D eigenvalue weighted by Gasteiger charge is -2.01. The number of cyclic esters (lactones) is 2. The van der Waals surface area contributed by atoms with E-state index in [0.29, 0.717) is 5.92 Å².